The largest absolute Gasteiger partial charge is 0.388 e. The number of fused-ring (bicyclic) bond motifs is 8. The minimum atomic E-state index is 0.0399. The molecule has 0 spiro atoms. The van der Waals surface area contributed by atoms with Crippen molar-refractivity contribution in [2.45, 2.75) is 77.2 Å². The van der Waals surface area contributed by atoms with Gasteiger partial charge in [-0.2, -0.15) is 0 Å². The Balaban J connectivity index is 0.000000156. The molecule has 3 aromatic carbocycles. The third-order valence-electron chi connectivity index (χ3n) is 13.4. The Morgan fingerprint density at radius 2 is 1.25 bits per heavy atom. The Bertz CT molecular complexity index is 2000. The second kappa shape index (κ2) is 15.7. The van der Waals surface area contributed by atoms with Crippen LogP contribution < -0.4 is 10.6 Å². The van der Waals surface area contributed by atoms with Crippen molar-refractivity contribution in [2.24, 2.45) is 23.7 Å². The number of rotatable bonds is 9. The summed E-state index contributed by atoms with van der Waals surface area (Å²) in [4.78, 5) is 14.6. The normalized spacial score (nSPS) is 28.6. The molecule has 0 saturated carbocycles. The number of pyridine rings is 2. The van der Waals surface area contributed by atoms with Gasteiger partial charge in [0.2, 0.25) is 0 Å². The van der Waals surface area contributed by atoms with Gasteiger partial charge in [0.25, 0.3) is 0 Å². The molecular formula is C46H58N6O. The maximum absolute atomic E-state index is 6.73. The number of piperidine rings is 6. The van der Waals surface area contributed by atoms with E-state index in [-0.39, 0.29) is 6.10 Å². The van der Waals surface area contributed by atoms with Gasteiger partial charge in [-0.05, 0) is 134 Å². The van der Waals surface area contributed by atoms with Crippen molar-refractivity contribution in [1.29, 1.82) is 0 Å². The predicted molar refractivity (Wildman–Crippen MR) is 219 cm³/mol. The van der Waals surface area contributed by atoms with E-state index in [1.807, 2.05) is 26.5 Å². The molecule has 53 heavy (non-hydrogen) atoms. The van der Waals surface area contributed by atoms with Gasteiger partial charge >= 0.3 is 0 Å². The van der Waals surface area contributed by atoms with Gasteiger partial charge in [0, 0.05) is 73.8 Å². The third-order valence-corrected chi connectivity index (χ3v) is 13.4. The van der Waals surface area contributed by atoms with Crippen LogP contribution in [-0.2, 0) is 11.3 Å². The number of nitrogens with zero attached hydrogens (tertiary/aromatic N) is 4. The first kappa shape index (κ1) is 36.0. The van der Waals surface area contributed by atoms with E-state index in [0.717, 1.165) is 46.1 Å². The zero-order valence-corrected chi connectivity index (χ0v) is 32.3. The molecule has 11 rings (SSSR count). The lowest BCUT2D eigenvalue weighted by Gasteiger charge is -2.51. The van der Waals surface area contributed by atoms with E-state index in [9.17, 15) is 0 Å². The minimum absolute atomic E-state index is 0.0399. The van der Waals surface area contributed by atoms with Gasteiger partial charge in [0.1, 0.15) is 0 Å². The topological polar surface area (TPSA) is 65.6 Å². The van der Waals surface area contributed by atoms with Gasteiger partial charge in [0.15, 0.2) is 0 Å². The minimum Gasteiger partial charge on any atom is -0.388 e. The van der Waals surface area contributed by atoms with Crippen LogP contribution >= 0.6 is 0 Å². The van der Waals surface area contributed by atoms with Gasteiger partial charge in [-0.3, -0.25) is 19.8 Å². The first-order chi connectivity index (χ1) is 25.9. The van der Waals surface area contributed by atoms with Crippen molar-refractivity contribution in [2.75, 3.05) is 50.9 Å². The number of hydrogen-bond acceptors (Lipinski definition) is 7. The van der Waals surface area contributed by atoms with Crippen molar-refractivity contribution in [3.63, 3.8) is 0 Å². The van der Waals surface area contributed by atoms with Gasteiger partial charge in [-0.15, -0.1) is 0 Å². The van der Waals surface area contributed by atoms with E-state index >= 15 is 0 Å². The van der Waals surface area contributed by atoms with Gasteiger partial charge < -0.3 is 15.4 Å². The zero-order chi connectivity index (χ0) is 36.5. The van der Waals surface area contributed by atoms with Crippen molar-refractivity contribution in [1.82, 2.24) is 19.8 Å². The fraction of sp³-hybridized carbons (Fsp3) is 0.478. The summed E-state index contributed by atoms with van der Waals surface area (Å²) in [5, 5.41) is 9.04. The van der Waals surface area contributed by atoms with Crippen LogP contribution in [0.15, 0.2) is 91.3 Å². The molecule has 0 amide bonds. The number of anilines is 2. The Morgan fingerprint density at radius 1 is 0.698 bits per heavy atom. The molecule has 278 valence electrons. The molecule has 6 aliphatic heterocycles. The summed E-state index contributed by atoms with van der Waals surface area (Å²) in [6.45, 7) is 12.8. The number of hydrogen-bond donors (Lipinski definition) is 2. The van der Waals surface area contributed by atoms with Crippen LogP contribution in [0.5, 0.6) is 0 Å². The second-order valence-electron chi connectivity index (χ2n) is 16.4. The number of benzene rings is 3. The highest BCUT2D eigenvalue weighted by molar-refractivity contribution is 5.86. The molecule has 0 radical (unpaired) electrons. The fourth-order valence-corrected chi connectivity index (χ4v) is 10.2. The van der Waals surface area contributed by atoms with Crippen molar-refractivity contribution >= 4 is 33.2 Å². The molecule has 7 heteroatoms. The smallest absolute Gasteiger partial charge is 0.0991 e. The number of ether oxygens (including phenoxy) is 1. The molecule has 7 nitrogen and oxygen atoms in total. The van der Waals surface area contributed by atoms with Crippen LogP contribution in [0, 0.1) is 23.7 Å². The highest BCUT2D eigenvalue weighted by atomic mass is 16.5. The highest BCUT2D eigenvalue weighted by Crippen LogP contribution is 2.44. The molecule has 6 aliphatic rings. The first-order valence-electron chi connectivity index (χ1n) is 20.2. The average Bonchev–Trinajstić information content (AvgIpc) is 3.21. The summed E-state index contributed by atoms with van der Waals surface area (Å²) in [7, 11) is 3.95. The molecular weight excluding hydrogens is 653 g/mol. The maximum atomic E-state index is 6.73. The molecule has 4 bridgehead atoms. The van der Waals surface area contributed by atoms with Crippen LogP contribution in [-0.4, -0.2) is 72.1 Å². The molecule has 5 aromatic rings. The van der Waals surface area contributed by atoms with Crippen LogP contribution in [0.4, 0.5) is 11.4 Å². The molecule has 2 N–H and O–H groups in total. The summed E-state index contributed by atoms with van der Waals surface area (Å²) in [6.07, 6.45) is 9.25. The lowest BCUT2D eigenvalue weighted by Crippen LogP contribution is -2.55. The lowest BCUT2D eigenvalue weighted by atomic mass is 9.72. The Kier molecular flexibility index (Phi) is 10.7. The molecule has 8 unspecified atom stereocenters. The number of aromatic nitrogens is 2. The summed E-state index contributed by atoms with van der Waals surface area (Å²) < 4.78 is 6.73. The summed E-state index contributed by atoms with van der Waals surface area (Å²) >= 11 is 0. The van der Waals surface area contributed by atoms with E-state index in [4.69, 9.17) is 4.74 Å². The SMILES string of the molecule is CNc1ccc2nccc([C@@H](OCc3ccccc3)C3CC4CCN3CC4C)c2c1.CNc1ccc2nccc([C@H](C)C3CC4CCN3CC4C)c2c1. The van der Waals surface area contributed by atoms with Gasteiger partial charge in [-0.1, -0.05) is 51.1 Å². The molecule has 6 fully saturated rings. The number of nitrogens with one attached hydrogen (secondary N) is 2. The molecule has 8 heterocycles. The van der Waals surface area contributed by atoms with Crippen LogP contribution in [0.3, 0.4) is 0 Å². The van der Waals surface area contributed by atoms with Gasteiger partial charge in [0.05, 0.1) is 23.7 Å². The van der Waals surface area contributed by atoms with Gasteiger partial charge in [-0.25, -0.2) is 0 Å². The summed E-state index contributed by atoms with van der Waals surface area (Å²) in [5.41, 5.74) is 8.36. The Labute approximate surface area is 316 Å². The first-order valence-corrected chi connectivity index (χ1v) is 20.2. The van der Waals surface area contributed by atoms with E-state index < -0.39 is 0 Å². The van der Waals surface area contributed by atoms with Crippen LogP contribution in [0.25, 0.3) is 21.8 Å². The van der Waals surface area contributed by atoms with Crippen LogP contribution in [0.2, 0.25) is 0 Å². The summed E-state index contributed by atoms with van der Waals surface area (Å²) in [6, 6.07) is 29.0. The monoisotopic (exact) mass is 710 g/mol. The quantitative estimate of drug-likeness (QED) is 0.158. The molecule has 2 aromatic heterocycles. The van der Waals surface area contributed by atoms with E-state index in [1.165, 1.54) is 79.3 Å². The van der Waals surface area contributed by atoms with Crippen molar-refractivity contribution < 1.29 is 4.74 Å². The van der Waals surface area contributed by atoms with E-state index in [1.54, 1.807) is 0 Å². The second-order valence-corrected chi connectivity index (χ2v) is 16.4. The molecule has 0 aliphatic carbocycles. The zero-order valence-electron chi connectivity index (χ0n) is 32.3. The molecule has 10 atom stereocenters. The Hall–Kier alpha value is -4.04. The van der Waals surface area contributed by atoms with Crippen molar-refractivity contribution in [3.05, 3.63) is 108 Å². The van der Waals surface area contributed by atoms with Crippen molar-refractivity contribution in [3.8, 4) is 0 Å². The van der Waals surface area contributed by atoms with E-state index in [0.29, 0.717) is 24.6 Å². The molecule has 6 saturated heterocycles. The van der Waals surface area contributed by atoms with Crippen LogP contribution in [0.1, 0.15) is 75.2 Å². The average molecular weight is 711 g/mol. The fourth-order valence-electron chi connectivity index (χ4n) is 10.2. The van der Waals surface area contributed by atoms with E-state index in [2.05, 4.69) is 130 Å². The summed E-state index contributed by atoms with van der Waals surface area (Å²) in [5.74, 6) is 3.95. The third kappa shape index (κ3) is 7.41. The maximum Gasteiger partial charge on any atom is 0.0991 e. The lowest BCUT2D eigenvalue weighted by molar-refractivity contribution is -0.0845. The predicted octanol–water partition coefficient (Wildman–Crippen LogP) is 9.38. The highest BCUT2D eigenvalue weighted by Gasteiger charge is 2.43. The Morgan fingerprint density at radius 3 is 1.77 bits per heavy atom. The standard InChI is InChI=1S/C26H31N3O.C20H27N3/c1-18-16-29-13-11-20(18)14-25(29)26(30-17-19-6-4-3-5-7-19)22-10-12-28-24-9-8-21(27-2)15-23(22)24;1-13-12-23-9-7-15(13)10-20(23)14(2)17-6-8-22-19-5-4-16(21-3)11-18(17)19/h3-10,12,15,18,20,25-27H,11,13-14,16-17H2,1-2H3;4-6,8,11,13-15,20-21H,7,9-10,12H2,1-3H3/t18?,20?,25?,26-;13?,14-,15?,20?/m10/s1.